The van der Waals surface area contributed by atoms with Crippen LogP contribution in [0.5, 0.6) is 0 Å². The summed E-state index contributed by atoms with van der Waals surface area (Å²) in [4.78, 5) is 21.9. The van der Waals surface area contributed by atoms with Gasteiger partial charge in [-0.3, -0.25) is 0 Å². The molecule has 15 heavy (non-hydrogen) atoms. The molecule has 0 amide bonds. The van der Waals surface area contributed by atoms with Crippen LogP contribution in [0.15, 0.2) is 0 Å². The van der Waals surface area contributed by atoms with Crippen molar-refractivity contribution >= 4 is 34.3 Å². The maximum Gasteiger partial charge on any atom is 0.364 e. The quantitative estimate of drug-likeness (QED) is 0.365. The van der Waals surface area contributed by atoms with Crippen LogP contribution >= 0.6 is 0 Å². The molecule has 0 N–H and O–H groups in total. The number of ether oxygens (including phenoxy) is 1. The van der Waals surface area contributed by atoms with Crippen molar-refractivity contribution in [3.8, 4) is 0 Å². The molecule has 0 bridgehead atoms. The first-order valence-electron chi connectivity index (χ1n) is 4.43. The van der Waals surface area contributed by atoms with E-state index in [0.29, 0.717) is 11.5 Å². The molecule has 0 radical (unpaired) electrons. The Bertz CT molecular complexity index is 199. The molecule has 0 aromatic heterocycles. The van der Waals surface area contributed by atoms with Crippen LogP contribution in [0.1, 0.15) is 13.8 Å². The lowest BCUT2D eigenvalue weighted by Gasteiger charge is -2.08. The first-order valence-corrected chi connectivity index (χ1v) is 7.40. The van der Waals surface area contributed by atoms with Crippen LogP contribution in [0.2, 0.25) is 0 Å². The molecule has 0 saturated carbocycles. The van der Waals surface area contributed by atoms with E-state index in [4.69, 9.17) is 0 Å². The van der Waals surface area contributed by atoms with Crippen LogP contribution in [-0.4, -0.2) is 44.1 Å². The first-order chi connectivity index (χ1) is 6.99. The Hall–Kier alpha value is -0.240. The summed E-state index contributed by atoms with van der Waals surface area (Å²) in [6.07, 6.45) is 0. The van der Waals surface area contributed by atoms with Crippen molar-refractivity contribution in [3.05, 3.63) is 0 Å². The fourth-order valence-corrected chi connectivity index (χ4v) is 1.70. The molecule has 7 heteroatoms. The third-order valence-electron chi connectivity index (χ3n) is 1.43. The highest BCUT2D eigenvalue weighted by Gasteiger charge is 2.20. The number of rotatable bonds is 6. The molecular weight excluding hydrogens is 240 g/mol. The highest BCUT2D eigenvalue weighted by molar-refractivity contribution is 7.92. The highest BCUT2D eigenvalue weighted by atomic mass is 32.2. The maximum absolute atomic E-state index is 11.0. The molecular formula is C8H14O5S2. The van der Waals surface area contributed by atoms with Crippen molar-refractivity contribution in [3.63, 3.8) is 0 Å². The molecule has 0 aliphatic carbocycles. The Kier molecular flexibility index (Phi) is 7.85. The van der Waals surface area contributed by atoms with Gasteiger partial charge in [0, 0.05) is 0 Å². The van der Waals surface area contributed by atoms with Crippen LogP contribution in [-0.2, 0) is 36.7 Å². The predicted molar refractivity (Wildman–Crippen MR) is 58.2 cm³/mol. The minimum absolute atomic E-state index is 0.291. The van der Waals surface area contributed by atoms with Gasteiger partial charge in [-0.15, -0.1) is 0 Å². The van der Waals surface area contributed by atoms with E-state index in [0.717, 1.165) is 0 Å². The van der Waals surface area contributed by atoms with E-state index < -0.39 is 34.3 Å². The summed E-state index contributed by atoms with van der Waals surface area (Å²) in [7, 11) is 0. The van der Waals surface area contributed by atoms with Gasteiger partial charge in [0.2, 0.25) is 11.5 Å². The average Bonchev–Trinajstić information content (AvgIpc) is 2.16. The minimum atomic E-state index is -1.29. The van der Waals surface area contributed by atoms with Crippen molar-refractivity contribution < 1.29 is 23.4 Å². The van der Waals surface area contributed by atoms with E-state index in [1.807, 2.05) is 0 Å². The van der Waals surface area contributed by atoms with Crippen molar-refractivity contribution in [1.29, 1.82) is 0 Å². The second-order valence-electron chi connectivity index (χ2n) is 2.59. The van der Waals surface area contributed by atoms with E-state index in [1.165, 1.54) is 0 Å². The summed E-state index contributed by atoms with van der Waals surface area (Å²) in [5, 5.41) is 0. The molecule has 5 nitrogen and oxygen atoms in total. The smallest absolute Gasteiger partial charge is 0.364 e. The van der Waals surface area contributed by atoms with Crippen LogP contribution in [0, 0.1) is 0 Å². The van der Waals surface area contributed by atoms with E-state index in [-0.39, 0.29) is 11.5 Å². The molecule has 0 aliphatic rings. The van der Waals surface area contributed by atoms with Crippen molar-refractivity contribution in [2.45, 2.75) is 13.8 Å². The van der Waals surface area contributed by atoms with Crippen molar-refractivity contribution in [2.24, 2.45) is 0 Å². The Balaban J connectivity index is 3.81. The van der Waals surface area contributed by atoms with E-state index >= 15 is 0 Å². The number of carbonyl (C=O) groups is 2. The SMILES string of the molecule is CC[S+]([O-])CC(=O)OC(=O)C[S+]([O-])CC. The Labute approximate surface area is 94.9 Å². The summed E-state index contributed by atoms with van der Waals surface area (Å²) in [5.41, 5.74) is 0. The van der Waals surface area contributed by atoms with Gasteiger partial charge in [0.15, 0.2) is 0 Å². The topological polar surface area (TPSA) is 89.5 Å². The Morgan fingerprint density at radius 1 is 1.00 bits per heavy atom. The average molecular weight is 254 g/mol. The molecule has 0 rings (SSSR count). The van der Waals surface area contributed by atoms with E-state index in [1.54, 1.807) is 13.8 Å². The van der Waals surface area contributed by atoms with Gasteiger partial charge in [0.25, 0.3) is 0 Å². The molecule has 0 aromatic carbocycles. The summed E-state index contributed by atoms with van der Waals surface area (Å²) >= 11 is -2.58. The molecule has 0 aliphatic heterocycles. The molecule has 0 heterocycles. The lowest BCUT2D eigenvalue weighted by molar-refractivity contribution is -0.155. The molecule has 2 unspecified atom stereocenters. The standard InChI is InChI=1S/C8H14O5S2/c1-3-14(11)5-7(9)13-8(10)6-15(12)4-2/h3-6H2,1-2H3. The zero-order valence-corrected chi connectivity index (χ0v) is 10.3. The third kappa shape index (κ3) is 7.66. The molecule has 0 aromatic rings. The summed E-state index contributed by atoms with van der Waals surface area (Å²) < 4.78 is 26.2. The van der Waals surface area contributed by atoms with E-state index in [2.05, 4.69) is 4.74 Å². The number of carbonyl (C=O) groups excluding carboxylic acids is 2. The lowest BCUT2D eigenvalue weighted by atomic mass is 10.7. The van der Waals surface area contributed by atoms with Crippen molar-refractivity contribution in [1.82, 2.24) is 0 Å². The monoisotopic (exact) mass is 254 g/mol. The van der Waals surface area contributed by atoms with Crippen LogP contribution < -0.4 is 0 Å². The normalized spacial score (nSPS) is 14.4. The molecule has 0 saturated heterocycles. The molecule has 2 atom stereocenters. The minimum Gasteiger partial charge on any atom is -0.616 e. The summed E-state index contributed by atoms with van der Waals surface area (Å²) in [5.74, 6) is -1.56. The largest absolute Gasteiger partial charge is 0.616 e. The molecule has 0 fully saturated rings. The van der Waals surface area contributed by atoms with Gasteiger partial charge in [-0.05, 0) is 36.2 Å². The van der Waals surface area contributed by atoms with Gasteiger partial charge in [0.05, 0.1) is 0 Å². The second-order valence-corrected chi connectivity index (χ2v) is 6.08. The van der Waals surface area contributed by atoms with Crippen LogP contribution in [0.4, 0.5) is 0 Å². The number of esters is 2. The molecule has 88 valence electrons. The van der Waals surface area contributed by atoms with Gasteiger partial charge in [-0.1, -0.05) is 0 Å². The molecule has 0 spiro atoms. The third-order valence-corrected chi connectivity index (χ3v) is 3.83. The van der Waals surface area contributed by atoms with Crippen LogP contribution in [0.25, 0.3) is 0 Å². The number of hydrogen-bond acceptors (Lipinski definition) is 5. The Morgan fingerprint density at radius 2 is 1.33 bits per heavy atom. The highest BCUT2D eigenvalue weighted by Crippen LogP contribution is 1.95. The summed E-state index contributed by atoms with van der Waals surface area (Å²) in [6, 6.07) is 0. The number of hydrogen-bond donors (Lipinski definition) is 0. The fraction of sp³-hybridized carbons (Fsp3) is 0.750. The van der Waals surface area contributed by atoms with Gasteiger partial charge in [-0.25, -0.2) is 9.59 Å². The second kappa shape index (κ2) is 7.98. The van der Waals surface area contributed by atoms with Gasteiger partial charge in [0.1, 0.15) is 11.5 Å². The van der Waals surface area contributed by atoms with Crippen LogP contribution in [0.3, 0.4) is 0 Å². The zero-order chi connectivity index (χ0) is 11.8. The Morgan fingerprint density at radius 3 is 1.60 bits per heavy atom. The zero-order valence-electron chi connectivity index (χ0n) is 8.69. The van der Waals surface area contributed by atoms with Gasteiger partial charge in [-0.2, -0.15) is 0 Å². The van der Waals surface area contributed by atoms with Gasteiger partial charge >= 0.3 is 11.9 Å². The summed E-state index contributed by atoms with van der Waals surface area (Å²) in [6.45, 7) is 3.33. The maximum atomic E-state index is 11.0. The van der Waals surface area contributed by atoms with Crippen molar-refractivity contribution in [2.75, 3.05) is 23.0 Å². The van der Waals surface area contributed by atoms with E-state index in [9.17, 15) is 18.7 Å². The fourth-order valence-electron chi connectivity index (χ4n) is 0.653. The van der Waals surface area contributed by atoms with Gasteiger partial charge < -0.3 is 13.8 Å². The predicted octanol–water partition coefficient (Wildman–Crippen LogP) is -0.407. The lowest BCUT2D eigenvalue weighted by Crippen LogP contribution is -2.27. The first kappa shape index (κ1) is 14.8.